The number of piperidine rings is 1. The molecule has 1 amide bonds. The first-order valence-electron chi connectivity index (χ1n) is 14.1. The van der Waals surface area contributed by atoms with E-state index < -0.39 is 23.1 Å². The molecule has 0 spiro atoms. The second kappa shape index (κ2) is 11.5. The van der Waals surface area contributed by atoms with Crippen molar-refractivity contribution in [3.05, 3.63) is 106 Å². The molecule has 0 aliphatic carbocycles. The lowest BCUT2D eigenvalue weighted by Gasteiger charge is -2.28. The van der Waals surface area contributed by atoms with Crippen molar-refractivity contribution < 1.29 is 33.7 Å². The standard InChI is InChI=1S/C34H29NO8/c36-24-18-25(37)32-26(38)19-29(20-9-3-1-4-10-20)43-33(32)31(24)23(17-30(39)35-15-7-2-8-16-35)28-14-13-27(42-28)21-11-5-6-12-22(21)34(40)41/h1,3-6,9-14,18-19,23,36-37H,2,7-8,15-17H2,(H,40,41)/t23-/m1/s1. The first-order valence-corrected chi connectivity index (χ1v) is 14.1. The summed E-state index contributed by atoms with van der Waals surface area (Å²) in [6.07, 6.45) is 2.68. The number of aromatic carboxylic acids is 1. The zero-order valence-corrected chi connectivity index (χ0v) is 23.2. The highest BCUT2D eigenvalue weighted by molar-refractivity contribution is 5.95. The van der Waals surface area contributed by atoms with Gasteiger partial charge < -0.3 is 29.1 Å². The minimum Gasteiger partial charge on any atom is -0.507 e. The van der Waals surface area contributed by atoms with Gasteiger partial charge in [0.05, 0.1) is 11.5 Å². The molecule has 1 aliphatic heterocycles. The summed E-state index contributed by atoms with van der Waals surface area (Å²) in [5, 5.41) is 31.6. The average molecular weight is 580 g/mol. The molecule has 3 N–H and O–H groups in total. The van der Waals surface area contributed by atoms with Crippen molar-refractivity contribution in [3.8, 4) is 34.1 Å². The van der Waals surface area contributed by atoms with Crippen LogP contribution in [0, 0.1) is 0 Å². The normalized spacial score (nSPS) is 14.1. The van der Waals surface area contributed by atoms with Crippen LogP contribution in [-0.4, -0.2) is 45.2 Å². The number of likely N-dealkylation sites (tertiary alicyclic amines) is 1. The number of fused-ring (bicyclic) bond motifs is 1. The average Bonchev–Trinajstić information content (AvgIpc) is 3.51. The quantitative estimate of drug-likeness (QED) is 0.202. The summed E-state index contributed by atoms with van der Waals surface area (Å²) in [7, 11) is 0. The summed E-state index contributed by atoms with van der Waals surface area (Å²) >= 11 is 0. The van der Waals surface area contributed by atoms with Gasteiger partial charge in [0.15, 0.2) is 5.43 Å². The molecule has 0 bridgehead atoms. The van der Waals surface area contributed by atoms with Gasteiger partial charge in [0.2, 0.25) is 5.91 Å². The van der Waals surface area contributed by atoms with Crippen molar-refractivity contribution in [1.82, 2.24) is 4.90 Å². The summed E-state index contributed by atoms with van der Waals surface area (Å²) < 4.78 is 12.4. The smallest absolute Gasteiger partial charge is 0.336 e. The molecule has 5 aromatic rings. The number of benzene rings is 3. The highest BCUT2D eigenvalue weighted by Crippen LogP contribution is 2.44. The molecule has 9 nitrogen and oxygen atoms in total. The Bertz CT molecular complexity index is 1880. The molecular weight excluding hydrogens is 550 g/mol. The van der Waals surface area contributed by atoms with E-state index in [1.165, 1.54) is 12.1 Å². The number of phenolic OH excluding ortho intramolecular Hbond substituents is 2. The van der Waals surface area contributed by atoms with Crippen molar-refractivity contribution in [2.24, 2.45) is 0 Å². The fraction of sp³-hybridized carbons (Fsp3) is 0.206. The Labute approximate surface area is 246 Å². The molecule has 6 rings (SSSR count). The van der Waals surface area contributed by atoms with E-state index in [0.29, 0.717) is 24.2 Å². The number of hydrogen-bond donors (Lipinski definition) is 3. The van der Waals surface area contributed by atoms with Crippen LogP contribution in [-0.2, 0) is 4.79 Å². The zero-order valence-electron chi connectivity index (χ0n) is 23.2. The fourth-order valence-electron chi connectivity index (χ4n) is 5.76. The Hall–Kier alpha value is -5.31. The number of carbonyl (C=O) groups excluding carboxylic acids is 1. The van der Waals surface area contributed by atoms with Crippen LogP contribution in [0.3, 0.4) is 0 Å². The maximum atomic E-state index is 13.6. The zero-order chi connectivity index (χ0) is 30.1. The molecular formula is C34H29NO8. The van der Waals surface area contributed by atoms with Gasteiger partial charge in [-0.2, -0.15) is 0 Å². The molecule has 0 saturated carbocycles. The lowest BCUT2D eigenvalue weighted by molar-refractivity contribution is -0.132. The molecule has 0 unspecified atom stereocenters. The summed E-state index contributed by atoms with van der Waals surface area (Å²) in [6.45, 7) is 1.22. The van der Waals surface area contributed by atoms with E-state index in [9.17, 15) is 29.7 Å². The van der Waals surface area contributed by atoms with Crippen LogP contribution in [0.4, 0.5) is 0 Å². The van der Waals surface area contributed by atoms with Gasteiger partial charge in [0.25, 0.3) is 0 Å². The maximum absolute atomic E-state index is 13.6. The molecule has 3 aromatic carbocycles. The third-order valence-corrected chi connectivity index (χ3v) is 7.89. The van der Waals surface area contributed by atoms with Crippen LogP contribution in [0.5, 0.6) is 11.5 Å². The Morgan fingerprint density at radius 3 is 2.28 bits per heavy atom. The molecule has 3 heterocycles. The fourth-order valence-corrected chi connectivity index (χ4v) is 5.76. The highest BCUT2D eigenvalue weighted by atomic mass is 16.4. The van der Waals surface area contributed by atoms with Crippen LogP contribution in [0.15, 0.2) is 92.5 Å². The van der Waals surface area contributed by atoms with Crippen LogP contribution < -0.4 is 5.43 Å². The number of carbonyl (C=O) groups is 2. The minimum atomic E-state index is -1.12. The number of hydrogen-bond acceptors (Lipinski definition) is 7. The number of phenols is 2. The SMILES string of the molecule is O=C(O)c1ccccc1-c1ccc([C@@H](CC(=O)N2CCCCC2)c2c(O)cc(O)c3c(=O)cc(-c4ccccc4)oc23)o1. The Morgan fingerprint density at radius 2 is 1.53 bits per heavy atom. The molecule has 0 radical (unpaired) electrons. The highest BCUT2D eigenvalue weighted by Gasteiger charge is 2.32. The van der Waals surface area contributed by atoms with Crippen LogP contribution in [0.2, 0.25) is 0 Å². The van der Waals surface area contributed by atoms with Crippen molar-refractivity contribution in [2.45, 2.75) is 31.6 Å². The first kappa shape index (κ1) is 27.8. The number of amides is 1. The van der Waals surface area contributed by atoms with E-state index in [1.807, 2.05) is 6.07 Å². The minimum absolute atomic E-state index is 0.0424. The number of carboxylic acid groups (broad SMARTS) is 1. The van der Waals surface area contributed by atoms with Gasteiger partial charge in [0.1, 0.15) is 39.7 Å². The van der Waals surface area contributed by atoms with Crippen molar-refractivity contribution in [3.63, 3.8) is 0 Å². The third-order valence-electron chi connectivity index (χ3n) is 7.89. The summed E-state index contributed by atoms with van der Waals surface area (Å²) in [5.41, 5.74) is 0.530. The van der Waals surface area contributed by atoms with Gasteiger partial charge in [-0.3, -0.25) is 9.59 Å². The summed E-state index contributed by atoms with van der Waals surface area (Å²) in [4.78, 5) is 40.6. The lowest BCUT2D eigenvalue weighted by Crippen LogP contribution is -2.36. The molecule has 9 heteroatoms. The summed E-state index contributed by atoms with van der Waals surface area (Å²) in [5.74, 6) is -2.31. The van der Waals surface area contributed by atoms with E-state index >= 15 is 0 Å². The van der Waals surface area contributed by atoms with E-state index in [4.69, 9.17) is 8.83 Å². The number of rotatable bonds is 7. The number of nitrogens with zero attached hydrogens (tertiary/aromatic N) is 1. The molecule has 218 valence electrons. The van der Waals surface area contributed by atoms with Gasteiger partial charge in [-0.15, -0.1) is 0 Å². The van der Waals surface area contributed by atoms with Gasteiger partial charge in [-0.25, -0.2) is 4.79 Å². The topological polar surface area (TPSA) is 141 Å². The molecule has 43 heavy (non-hydrogen) atoms. The van der Waals surface area contributed by atoms with Crippen molar-refractivity contribution in [1.29, 1.82) is 0 Å². The largest absolute Gasteiger partial charge is 0.507 e. The number of carboxylic acids is 1. The van der Waals surface area contributed by atoms with Crippen LogP contribution in [0.1, 0.15) is 53.3 Å². The van der Waals surface area contributed by atoms with Gasteiger partial charge in [0, 0.05) is 48.3 Å². The predicted molar refractivity (Wildman–Crippen MR) is 159 cm³/mol. The third kappa shape index (κ3) is 5.37. The summed E-state index contributed by atoms with van der Waals surface area (Å²) in [6, 6.07) is 20.9. The van der Waals surface area contributed by atoms with E-state index in [-0.39, 0.29) is 57.5 Å². The van der Waals surface area contributed by atoms with Gasteiger partial charge in [-0.05, 0) is 37.5 Å². The molecule has 1 fully saturated rings. The predicted octanol–water partition coefficient (Wildman–Crippen LogP) is 6.36. The van der Waals surface area contributed by atoms with Crippen LogP contribution >= 0.6 is 0 Å². The second-order valence-electron chi connectivity index (χ2n) is 10.6. The van der Waals surface area contributed by atoms with E-state index in [1.54, 1.807) is 59.5 Å². The number of furan rings is 1. The van der Waals surface area contributed by atoms with E-state index in [2.05, 4.69) is 0 Å². The Balaban J connectivity index is 1.55. The second-order valence-corrected chi connectivity index (χ2v) is 10.6. The van der Waals surface area contributed by atoms with Crippen LogP contribution in [0.25, 0.3) is 33.6 Å². The van der Waals surface area contributed by atoms with Crippen molar-refractivity contribution >= 4 is 22.8 Å². The molecule has 1 atom stereocenters. The molecule has 2 aromatic heterocycles. The van der Waals surface area contributed by atoms with E-state index in [0.717, 1.165) is 25.3 Å². The lowest BCUT2D eigenvalue weighted by atomic mass is 9.89. The first-order chi connectivity index (χ1) is 20.8. The van der Waals surface area contributed by atoms with Crippen molar-refractivity contribution in [2.75, 3.05) is 13.1 Å². The molecule has 1 aliphatic rings. The monoisotopic (exact) mass is 579 g/mol. The Kier molecular flexibility index (Phi) is 7.46. The number of aromatic hydroxyl groups is 2. The van der Waals surface area contributed by atoms with Gasteiger partial charge >= 0.3 is 5.97 Å². The maximum Gasteiger partial charge on any atom is 0.336 e. The Morgan fingerprint density at radius 1 is 0.814 bits per heavy atom. The molecule has 1 saturated heterocycles. The van der Waals surface area contributed by atoms with Gasteiger partial charge in [-0.1, -0.05) is 48.5 Å².